The molecule has 0 spiro atoms. The van der Waals surface area contributed by atoms with Gasteiger partial charge < -0.3 is 5.32 Å². The topological polar surface area (TPSA) is 12.0 Å². The molecule has 0 aromatic rings. The second-order valence-electron chi connectivity index (χ2n) is 1.64. The summed E-state index contributed by atoms with van der Waals surface area (Å²) in [6.07, 6.45) is -1.24. The lowest BCUT2D eigenvalue weighted by molar-refractivity contribution is 0.146. The van der Waals surface area contributed by atoms with Gasteiger partial charge in [-0.05, 0) is 13.0 Å². The summed E-state index contributed by atoms with van der Waals surface area (Å²) in [5, 5.41) is 2.63. The Kier molecular flexibility index (Phi) is 7.07. The van der Waals surface area contributed by atoms with Crippen LogP contribution in [0.3, 0.4) is 0 Å². The smallest absolute Gasteiger partial charge is 0.250 e. The Balaban J connectivity index is 2.75. The van der Waals surface area contributed by atoms with Gasteiger partial charge in [0.1, 0.15) is 0 Å². The van der Waals surface area contributed by atoms with Crippen LogP contribution in [0.5, 0.6) is 0 Å². The lowest BCUT2D eigenvalue weighted by atomic mass is 10.5. The van der Waals surface area contributed by atoms with Gasteiger partial charge in [-0.25, -0.2) is 8.78 Å². The average Bonchev–Trinajstić information content (AvgIpc) is 1.80. The average molecular weight is 249 g/mol. The predicted octanol–water partition coefficient (Wildman–Crippen LogP) is 1.67. The van der Waals surface area contributed by atoms with Crippen LogP contribution in [-0.2, 0) is 0 Å². The van der Waals surface area contributed by atoms with E-state index in [-0.39, 0.29) is 6.54 Å². The largest absolute Gasteiger partial charge is 0.311 e. The summed E-state index contributed by atoms with van der Waals surface area (Å²) >= 11 is 2.22. The Hall–Kier alpha value is 0.550. The van der Waals surface area contributed by atoms with Crippen molar-refractivity contribution in [3.05, 3.63) is 0 Å². The van der Waals surface area contributed by atoms with E-state index in [1.54, 1.807) is 0 Å². The number of hydrogen-bond acceptors (Lipinski definition) is 1. The summed E-state index contributed by atoms with van der Waals surface area (Å²) < 4.78 is 23.8. The zero-order valence-electron chi connectivity index (χ0n) is 5.04. The molecule has 0 radical (unpaired) electrons. The molecule has 0 saturated carbocycles. The third-order valence-corrected chi connectivity index (χ3v) is 1.55. The Morgan fingerprint density at radius 2 is 2.11 bits per heavy atom. The molecule has 56 valence electrons. The van der Waals surface area contributed by atoms with Crippen molar-refractivity contribution in [2.75, 3.05) is 17.5 Å². The third kappa shape index (κ3) is 8.55. The van der Waals surface area contributed by atoms with Crippen molar-refractivity contribution >= 4 is 22.6 Å². The number of alkyl halides is 3. The van der Waals surface area contributed by atoms with Crippen LogP contribution in [0.25, 0.3) is 0 Å². The molecule has 1 N–H and O–H groups in total. The summed E-state index contributed by atoms with van der Waals surface area (Å²) in [7, 11) is 0. The van der Waals surface area contributed by atoms with Crippen molar-refractivity contribution in [3.8, 4) is 0 Å². The van der Waals surface area contributed by atoms with E-state index in [2.05, 4.69) is 27.9 Å². The second-order valence-corrected chi connectivity index (χ2v) is 2.72. The van der Waals surface area contributed by atoms with Gasteiger partial charge in [0, 0.05) is 4.43 Å². The minimum absolute atomic E-state index is 0.170. The number of hydrogen-bond donors (Lipinski definition) is 1. The first kappa shape index (κ1) is 9.55. The zero-order valence-corrected chi connectivity index (χ0v) is 7.20. The molecule has 0 aliphatic carbocycles. The first-order valence-electron chi connectivity index (χ1n) is 2.82. The van der Waals surface area contributed by atoms with Gasteiger partial charge in [-0.2, -0.15) is 0 Å². The standard InChI is InChI=1S/C5H10F2IN/c6-5(7)4-9-3-1-2-8/h5,9H,1-4H2. The summed E-state index contributed by atoms with van der Waals surface area (Å²) in [5.74, 6) is 0. The molecule has 0 saturated heterocycles. The molecule has 9 heavy (non-hydrogen) atoms. The molecule has 0 unspecified atom stereocenters. The molecule has 0 aromatic carbocycles. The van der Waals surface area contributed by atoms with E-state index >= 15 is 0 Å². The van der Waals surface area contributed by atoms with Gasteiger partial charge in [-0.3, -0.25) is 0 Å². The number of halogens is 3. The SMILES string of the molecule is FC(F)CNCCCI. The van der Waals surface area contributed by atoms with Gasteiger partial charge >= 0.3 is 0 Å². The van der Waals surface area contributed by atoms with Crippen molar-refractivity contribution < 1.29 is 8.78 Å². The molecule has 4 heteroatoms. The molecule has 0 rings (SSSR count). The van der Waals surface area contributed by atoms with Gasteiger partial charge in [-0.1, -0.05) is 22.6 Å². The predicted molar refractivity (Wildman–Crippen MR) is 42.4 cm³/mol. The van der Waals surface area contributed by atoms with Gasteiger partial charge in [0.15, 0.2) is 0 Å². The van der Waals surface area contributed by atoms with Crippen LogP contribution in [0.2, 0.25) is 0 Å². The molecular weight excluding hydrogens is 239 g/mol. The third-order valence-electron chi connectivity index (χ3n) is 0.786. The van der Waals surface area contributed by atoms with Crippen LogP contribution >= 0.6 is 22.6 Å². The molecule has 0 aliphatic rings. The first-order valence-corrected chi connectivity index (χ1v) is 4.34. The normalized spacial score (nSPS) is 10.7. The highest BCUT2D eigenvalue weighted by Gasteiger charge is 1.98. The Morgan fingerprint density at radius 1 is 1.44 bits per heavy atom. The highest BCUT2D eigenvalue weighted by Crippen LogP contribution is 1.89. The number of nitrogens with one attached hydrogen (secondary N) is 1. The summed E-state index contributed by atoms with van der Waals surface area (Å²) in [5.41, 5.74) is 0. The van der Waals surface area contributed by atoms with Gasteiger partial charge in [0.2, 0.25) is 0 Å². The van der Waals surface area contributed by atoms with Crippen molar-refractivity contribution in [1.82, 2.24) is 5.32 Å². The van der Waals surface area contributed by atoms with E-state index in [4.69, 9.17) is 0 Å². The first-order chi connectivity index (χ1) is 4.27. The highest BCUT2D eigenvalue weighted by atomic mass is 127. The highest BCUT2D eigenvalue weighted by molar-refractivity contribution is 14.1. The minimum Gasteiger partial charge on any atom is -0.311 e. The molecule has 0 atom stereocenters. The molecule has 0 aliphatic heterocycles. The Morgan fingerprint density at radius 3 is 2.56 bits per heavy atom. The van der Waals surface area contributed by atoms with Crippen molar-refractivity contribution in [1.29, 1.82) is 0 Å². The van der Waals surface area contributed by atoms with Gasteiger partial charge in [-0.15, -0.1) is 0 Å². The fraction of sp³-hybridized carbons (Fsp3) is 1.00. The molecule has 0 heterocycles. The van der Waals surface area contributed by atoms with E-state index in [0.717, 1.165) is 10.8 Å². The van der Waals surface area contributed by atoms with Crippen LogP contribution in [0.1, 0.15) is 6.42 Å². The fourth-order valence-corrected chi connectivity index (χ4v) is 0.784. The summed E-state index contributed by atoms with van der Waals surface area (Å²) in [6.45, 7) is 0.532. The monoisotopic (exact) mass is 249 g/mol. The fourth-order valence-electron chi connectivity index (χ4n) is 0.403. The maximum Gasteiger partial charge on any atom is 0.250 e. The van der Waals surface area contributed by atoms with E-state index in [0.29, 0.717) is 6.54 Å². The van der Waals surface area contributed by atoms with E-state index in [1.807, 2.05) is 0 Å². The Labute approximate surface area is 67.3 Å². The van der Waals surface area contributed by atoms with Crippen LogP contribution in [0.4, 0.5) is 8.78 Å². The van der Waals surface area contributed by atoms with Crippen LogP contribution < -0.4 is 5.32 Å². The summed E-state index contributed by atoms with van der Waals surface area (Å²) in [4.78, 5) is 0. The quantitative estimate of drug-likeness (QED) is 0.444. The lowest BCUT2D eigenvalue weighted by Crippen LogP contribution is -2.22. The molecule has 1 nitrogen and oxygen atoms in total. The maximum atomic E-state index is 11.4. The van der Waals surface area contributed by atoms with E-state index in [9.17, 15) is 8.78 Å². The molecule has 0 bridgehead atoms. The summed E-state index contributed by atoms with van der Waals surface area (Å²) in [6, 6.07) is 0. The van der Waals surface area contributed by atoms with Gasteiger partial charge in [0.05, 0.1) is 6.54 Å². The zero-order chi connectivity index (χ0) is 7.11. The molecule has 0 fully saturated rings. The van der Waals surface area contributed by atoms with Crippen LogP contribution in [-0.4, -0.2) is 23.9 Å². The van der Waals surface area contributed by atoms with Crippen LogP contribution in [0.15, 0.2) is 0 Å². The molecular formula is C5H10F2IN. The van der Waals surface area contributed by atoms with Crippen molar-refractivity contribution in [3.63, 3.8) is 0 Å². The van der Waals surface area contributed by atoms with Gasteiger partial charge in [0.25, 0.3) is 6.43 Å². The van der Waals surface area contributed by atoms with Crippen molar-refractivity contribution in [2.24, 2.45) is 0 Å². The number of rotatable bonds is 5. The van der Waals surface area contributed by atoms with E-state index < -0.39 is 6.43 Å². The lowest BCUT2D eigenvalue weighted by Gasteiger charge is -1.99. The molecule has 0 aromatic heterocycles. The van der Waals surface area contributed by atoms with Crippen LogP contribution in [0, 0.1) is 0 Å². The maximum absolute atomic E-state index is 11.4. The van der Waals surface area contributed by atoms with E-state index in [1.165, 1.54) is 0 Å². The van der Waals surface area contributed by atoms with Crippen molar-refractivity contribution in [2.45, 2.75) is 12.8 Å². The Bertz CT molecular complexity index is 60.9. The molecule has 0 amide bonds. The minimum atomic E-state index is -2.21. The second kappa shape index (κ2) is 6.67.